The maximum atomic E-state index is 13.0. The van der Waals surface area contributed by atoms with Crippen LogP contribution in [0.25, 0.3) is 0 Å². The van der Waals surface area contributed by atoms with E-state index in [1.54, 1.807) is 18.3 Å². The molecule has 1 saturated heterocycles. The number of hydrogen-bond donors (Lipinski definition) is 2. The summed E-state index contributed by atoms with van der Waals surface area (Å²) in [5.74, 6) is 1.91. The Morgan fingerprint density at radius 2 is 2.03 bits per heavy atom. The summed E-state index contributed by atoms with van der Waals surface area (Å²) in [6.07, 6.45) is 10.9. The number of hydrogen-bond acceptors (Lipinski definition) is 5. The fourth-order valence-corrected chi connectivity index (χ4v) is 7.30. The standard InChI is InChI=1S/C24H30N4O4/c25-20(29)18-2-1-5-26-21(18)32-17-11-24(12-17)9-16(10-24)28-22(30)19(27-23(28)31)8-15-7-13-3-4-14(15)6-13/h1-2,5,13-17,19H,3-4,6-12H2,(H2,25,29)(H,27,31). The van der Waals surface area contributed by atoms with E-state index in [1.807, 2.05) is 0 Å². The number of fused-ring (bicyclic) bond motifs is 2. The summed E-state index contributed by atoms with van der Waals surface area (Å²) in [6.45, 7) is 0. The van der Waals surface area contributed by atoms with Crippen LogP contribution in [-0.2, 0) is 4.79 Å². The lowest BCUT2D eigenvalue weighted by molar-refractivity contribution is -0.141. The van der Waals surface area contributed by atoms with Crippen molar-refractivity contribution in [3.8, 4) is 5.88 Å². The Morgan fingerprint density at radius 3 is 2.72 bits per heavy atom. The lowest BCUT2D eigenvalue weighted by Gasteiger charge is -2.58. The van der Waals surface area contributed by atoms with Gasteiger partial charge in [0.15, 0.2) is 0 Å². The Balaban J connectivity index is 1.02. The van der Waals surface area contributed by atoms with Gasteiger partial charge in [-0.1, -0.05) is 6.42 Å². The lowest BCUT2D eigenvalue weighted by atomic mass is 9.52. The molecule has 4 aliphatic carbocycles. The molecule has 6 rings (SSSR count). The molecule has 32 heavy (non-hydrogen) atoms. The number of aromatic nitrogens is 1. The number of nitrogens with one attached hydrogen (secondary N) is 1. The Labute approximate surface area is 187 Å². The van der Waals surface area contributed by atoms with Crippen LogP contribution in [0.4, 0.5) is 4.79 Å². The van der Waals surface area contributed by atoms with Crippen LogP contribution in [-0.4, -0.2) is 45.9 Å². The third-order valence-corrected chi connectivity index (χ3v) is 8.81. The van der Waals surface area contributed by atoms with Crippen LogP contribution in [0.2, 0.25) is 0 Å². The summed E-state index contributed by atoms with van der Waals surface area (Å²) in [5, 5.41) is 2.97. The molecule has 8 heteroatoms. The van der Waals surface area contributed by atoms with Crippen molar-refractivity contribution >= 4 is 17.8 Å². The van der Waals surface area contributed by atoms with Crippen molar-refractivity contribution in [1.29, 1.82) is 0 Å². The molecule has 1 aromatic rings. The van der Waals surface area contributed by atoms with E-state index < -0.39 is 5.91 Å². The minimum Gasteiger partial charge on any atom is -0.474 e. The lowest BCUT2D eigenvalue weighted by Crippen LogP contribution is -2.60. The number of nitrogens with zero attached hydrogens (tertiary/aromatic N) is 2. The van der Waals surface area contributed by atoms with Crippen molar-refractivity contribution in [2.45, 2.75) is 76.0 Å². The first-order chi connectivity index (χ1) is 15.4. The summed E-state index contributed by atoms with van der Waals surface area (Å²) in [6, 6.07) is 2.72. The van der Waals surface area contributed by atoms with Gasteiger partial charge >= 0.3 is 6.03 Å². The van der Waals surface area contributed by atoms with Gasteiger partial charge in [0, 0.05) is 12.2 Å². The predicted octanol–water partition coefficient (Wildman–Crippen LogP) is 2.62. The van der Waals surface area contributed by atoms with Gasteiger partial charge in [-0.05, 0) is 86.7 Å². The highest BCUT2D eigenvalue weighted by atomic mass is 16.5. The van der Waals surface area contributed by atoms with E-state index in [0.717, 1.165) is 43.9 Å². The Kier molecular flexibility index (Phi) is 4.49. The maximum Gasteiger partial charge on any atom is 0.325 e. The highest BCUT2D eigenvalue weighted by Crippen LogP contribution is 2.58. The minimum absolute atomic E-state index is 0.00971. The Bertz CT molecular complexity index is 967. The monoisotopic (exact) mass is 438 g/mol. The van der Waals surface area contributed by atoms with Crippen molar-refractivity contribution in [1.82, 2.24) is 15.2 Å². The van der Waals surface area contributed by atoms with Crippen molar-refractivity contribution in [2.24, 2.45) is 28.9 Å². The number of ether oxygens (including phenoxy) is 1. The zero-order valence-corrected chi connectivity index (χ0v) is 18.2. The van der Waals surface area contributed by atoms with E-state index in [-0.39, 0.29) is 41.4 Å². The summed E-state index contributed by atoms with van der Waals surface area (Å²) in [7, 11) is 0. The molecule has 4 amide bonds. The number of imide groups is 1. The number of pyridine rings is 1. The normalized spacial score (nSPS) is 39.7. The fraction of sp³-hybridized carbons (Fsp3) is 0.667. The second-order valence-electron chi connectivity index (χ2n) is 10.8. The topological polar surface area (TPSA) is 115 Å². The summed E-state index contributed by atoms with van der Waals surface area (Å²) in [5.41, 5.74) is 5.82. The number of carbonyl (C=O) groups excluding carboxylic acids is 3. The highest BCUT2D eigenvalue weighted by Gasteiger charge is 2.59. The second kappa shape index (κ2) is 7.18. The van der Waals surface area contributed by atoms with Gasteiger partial charge in [-0.3, -0.25) is 14.5 Å². The highest BCUT2D eigenvalue weighted by molar-refractivity contribution is 6.04. The quantitative estimate of drug-likeness (QED) is 0.663. The van der Waals surface area contributed by atoms with E-state index in [1.165, 1.54) is 30.6 Å². The zero-order chi connectivity index (χ0) is 22.0. The molecule has 0 radical (unpaired) electrons. The smallest absolute Gasteiger partial charge is 0.325 e. The SMILES string of the molecule is NC(=O)c1cccnc1OC1CC2(C1)CC(N1C(=O)NC(CC3CC4CCC3C4)C1=O)C2. The molecule has 5 aliphatic rings. The molecule has 3 N–H and O–H groups in total. The number of nitrogens with two attached hydrogens (primary N) is 1. The molecule has 1 spiro atoms. The fourth-order valence-electron chi connectivity index (χ4n) is 7.30. The molecule has 5 fully saturated rings. The van der Waals surface area contributed by atoms with Crippen LogP contribution in [0.15, 0.2) is 18.3 Å². The van der Waals surface area contributed by atoms with Gasteiger partial charge in [0.2, 0.25) is 5.88 Å². The molecule has 4 saturated carbocycles. The van der Waals surface area contributed by atoms with Crippen LogP contribution in [0.1, 0.15) is 68.1 Å². The molecule has 4 unspecified atom stereocenters. The van der Waals surface area contributed by atoms with Crippen molar-refractivity contribution in [3.05, 3.63) is 23.9 Å². The first kappa shape index (κ1) is 20.0. The molecule has 2 bridgehead atoms. The van der Waals surface area contributed by atoms with Gasteiger partial charge in [-0.25, -0.2) is 9.78 Å². The van der Waals surface area contributed by atoms with Gasteiger partial charge in [-0.15, -0.1) is 0 Å². The molecule has 0 aromatic carbocycles. The maximum absolute atomic E-state index is 13.0. The van der Waals surface area contributed by atoms with E-state index in [0.29, 0.717) is 11.5 Å². The predicted molar refractivity (Wildman–Crippen MR) is 115 cm³/mol. The zero-order valence-electron chi connectivity index (χ0n) is 18.2. The van der Waals surface area contributed by atoms with Crippen LogP contribution < -0.4 is 15.8 Å². The number of amides is 4. The van der Waals surface area contributed by atoms with Gasteiger partial charge in [-0.2, -0.15) is 0 Å². The van der Waals surface area contributed by atoms with E-state index in [4.69, 9.17) is 10.5 Å². The summed E-state index contributed by atoms with van der Waals surface area (Å²) in [4.78, 5) is 42.8. The molecule has 1 aromatic heterocycles. The first-order valence-corrected chi connectivity index (χ1v) is 12.0. The van der Waals surface area contributed by atoms with Gasteiger partial charge in [0.25, 0.3) is 11.8 Å². The van der Waals surface area contributed by atoms with Crippen LogP contribution in [0, 0.1) is 23.2 Å². The van der Waals surface area contributed by atoms with Gasteiger partial charge in [0.05, 0.1) is 0 Å². The number of urea groups is 1. The average molecular weight is 439 g/mol. The Hall–Kier alpha value is -2.64. The number of primary amides is 1. The molecule has 4 atom stereocenters. The van der Waals surface area contributed by atoms with E-state index in [9.17, 15) is 14.4 Å². The molecular weight excluding hydrogens is 408 g/mol. The molecule has 2 heterocycles. The molecule has 1 aliphatic heterocycles. The van der Waals surface area contributed by atoms with Gasteiger partial charge < -0.3 is 15.8 Å². The Morgan fingerprint density at radius 1 is 1.22 bits per heavy atom. The molecule has 170 valence electrons. The second-order valence-corrected chi connectivity index (χ2v) is 10.8. The number of rotatable bonds is 6. The van der Waals surface area contributed by atoms with E-state index in [2.05, 4.69) is 10.3 Å². The van der Waals surface area contributed by atoms with Crippen LogP contribution in [0.3, 0.4) is 0 Å². The average Bonchev–Trinajstić information content (AvgIpc) is 3.39. The van der Waals surface area contributed by atoms with Crippen molar-refractivity contribution in [3.63, 3.8) is 0 Å². The van der Waals surface area contributed by atoms with Gasteiger partial charge in [0.1, 0.15) is 17.7 Å². The summed E-state index contributed by atoms with van der Waals surface area (Å²) >= 11 is 0. The molecular formula is C24H30N4O4. The third-order valence-electron chi connectivity index (χ3n) is 8.81. The third kappa shape index (κ3) is 3.18. The minimum atomic E-state index is -0.551. The first-order valence-electron chi connectivity index (χ1n) is 12.0. The van der Waals surface area contributed by atoms with E-state index >= 15 is 0 Å². The van der Waals surface area contributed by atoms with Crippen LogP contribution >= 0.6 is 0 Å². The molecule has 8 nitrogen and oxygen atoms in total. The summed E-state index contributed by atoms with van der Waals surface area (Å²) < 4.78 is 5.92. The van der Waals surface area contributed by atoms with Crippen molar-refractivity contribution < 1.29 is 19.1 Å². The largest absolute Gasteiger partial charge is 0.474 e. The van der Waals surface area contributed by atoms with Crippen molar-refractivity contribution in [2.75, 3.05) is 0 Å². The van der Waals surface area contributed by atoms with Crippen LogP contribution in [0.5, 0.6) is 5.88 Å². The number of carbonyl (C=O) groups is 3.